The van der Waals surface area contributed by atoms with E-state index in [0.29, 0.717) is 5.92 Å². The molecule has 0 aliphatic carbocycles. The van der Waals surface area contributed by atoms with Crippen molar-refractivity contribution in [2.75, 3.05) is 26.2 Å². The van der Waals surface area contributed by atoms with E-state index >= 15 is 0 Å². The smallest absolute Gasteiger partial charge is 0.251 e. The third-order valence-corrected chi connectivity index (χ3v) is 3.76. The molecule has 0 bridgehead atoms. The quantitative estimate of drug-likeness (QED) is 0.871. The largest absolute Gasteiger partial charge is 0.351 e. The van der Waals surface area contributed by atoms with Gasteiger partial charge in [0.1, 0.15) is 0 Å². The number of allylic oxidation sites excluding steroid dienone is 1. The molecule has 0 atom stereocenters. The third-order valence-electron chi connectivity index (χ3n) is 3.76. The van der Waals surface area contributed by atoms with Crippen molar-refractivity contribution < 1.29 is 4.79 Å². The first-order valence-corrected chi connectivity index (χ1v) is 7.94. The predicted octanol–water partition coefficient (Wildman–Crippen LogP) is 3.18. The van der Waals surface area contributed by atoms with Gasteiger partial charge in [-0.2, -0.15) is 0 Å². The standard InChI is InChI=1S/C18H26N2O/c1-15(2)5-6-16-7-9-17(10-8-16)18(21)19-11-14-20-12-3-4-13-20/h5-10,15H,3-4,11-14H2,1-2H3,(H,19,21)/b6-5+. The molecule has 1 fully saturated rings. The van der Waals surface area contributed by atoms with Crippen molar-refractivity contribution in [3.8, 4) is 0 Å². The summed E-state index contributed by atoms with van der Waals surface area (Å²) in [6.07, 6.45) is 6.84. The fraction of sp³-hybridized carbons (Fsp3) is 0.500. The lowest BCUT2D eigenvalue weighted by Crippen LogP contribution is -2.33. The highest BCUT2D eigenvalue weighted by Gasteiger charge is 2.11. The van der Waals surface area contributed by atoms with Gasteiger partial charge >= 0.3 is 0 Å². The zero-order chi connectivity index (χ0) is 15.1. The second kappa shape index (κ2) is 7.99. The molecule has 3 nitrogen and oxygen atoms in total. The van der Waals surface area contributed by atoms with E-state index in [0.717, 1.165) is 24.2 Å². The van der Waals surface area contributed by atoms with Crippen LogP contribution >= 0.6 is 0 Å². The predicted molar refractivity (Wildman–Crippen MR) is 88.3 cm³/mol. The van der Waals surface area contributed by atoms with Crippen molar-refractivity contribution in [1.29, 1.82) is 0 Å². The lowest BCUT2D eigenvalue weighted by Gasteiger charge is -2.14. The minimum absolute atomic E-state index is 0.0218. The van der Waals surface area contributed by atoms with Crippen LogP contribution in [0.2, 0.25) is 0 Å². The van der Waals surface area contributed by atoms with Crippen molar-refractivity contribution >= 4 is 12.0 Å². The molecule has 1 aromatic carbocycles. The van der Waals surface area contributed by atoms with Crippen molar-refractivity contribution in [3.63, 3.8) is 0 Å². The number of rotatable bonds is 6. The molecule has 0 unspecified atom stereocenters. The average molecular weight is 286 g/mol. The second-order valence-electron chi connectivity index (χ2n) is 6.03. The maximum Gasteiger partial charge on any atom is 0.251 e. The monoisotopic (exact) mass is 286 g/mol. The number of hydrogen-bond acceptors (Lipinski definition) is 2. The summed E-state index contributed by atoms with van der Waals surface area (Å²) in [6, 6.07) is 7.78. The first-order chi connectivity index (χ1) is 10.1. The molecule has 1 heterocycles. The van der Waals surface area contributed by atoms with Crippen LogP contribution in [-0.2, 0) is 0 Å². The summed E-state index contributed by atoms with van der Waals surface area (Å²) in [5.41, 5.74) is 1.87. The lowest BCUT2D eigenvalue weighted by molar-refractivity contribution is 0.0950. The van der Waals surface area contributed by atoms with Crippen molar-refractivity contribution in [1.82, 2.24) is 10.2 Å². The van der Waals surface area contributed by atoms with Gasteiger partial charge in [0.2, 0.25) is 0 Å². The Hall–Kier alpha value is -1.61. The Morgan fingerprint density at radius 3 is 2.52 bits per heavy atom. The van der Waals surface area contributed by atoms with Crippen LogP contribution in [0, 0.1) is 5.92 Å². The first-order valence-electron chi connectivity index (χ1n) is 7.94. The molecular formula is C18H26N2O. The third kappa shape index (κ3) is 5.35. The molecule has 21 heavy (non-hydrogen) atoms. The summed E-state index contributed by atoms with van der Waals surface area (Å²) in [4.78, 5) is 14.5. The van der Waals surface area contributed by atoms with Gasteiger partial charge < -0.3 is 10.2 Å². The summed E-state index contributed by atoms with van der Waals surface area (Å²) < 4.78 is 0. The van der Waals surface area contributed by atoms with E-state index in [4.69, 9.17) is 0 Å². The summed E-state index contributed by atoms with van der Waals surface area (Å²) >= 11 is 0. The number of benzene rings is 1. The van der Waals surface area contributed by atoms with Crippen LogP contribution in [0.5, 0.6) is 0 Å². The highest BCUT2D eigenvalue weighted by atomic mass is 16.1. The summed E-state index contributed by atoms with van der Waals surface area (Å²) in [5.74, 6) is 0.562. The van der Waals surface area contributed by atoms with Gasteiger partial charge in [-0.1, -0.05) is 38.1 Å². The van der Waals surface area contributed by atoms with E-state index < -0.39 is 0 Å². The SMILES string of the molecule is CC(C)/C=C/c1ccc(C(=O)NCCN2CCCC2)cc1. The minimum atomic E-state index is 0.0218. The zero-order valence-corrected chi connectivity index (χ0v) is 13.1. The lowest BCUT2D eigenvalue weighted by atomic mass is 10.1. The maximum absolute atomic E-state index is 12.0. The van der Waals surface area contributed by atoms with Gasteiger partial charge in [0.15, 0.2) is 0 Å². The number of amides is 1. The molecule has 114 valence electrons. The van der Waals surface area contributed by atoms with Gasteiger partial charge in [0.25, 0.3) is 5.91 Å². The van der Waals surface area contributed by atoms with Gasteiger partial charge in [0.05, 0.1) is 0 Å². The fourth-order valence-corrected chi connectivity index (χ4v) is 2.49. The molecule has 2 rings (SSSR count). The van der Waals surface area contributed by atoms with Crippen LogP contribution in [0.15, 0.2) is 30.3 Å². The number of nitrogens with zero attached hydrogens (tertiary/aromatic N) is 1. The molecule has 3 heteroatoms. The average Bonchev–Trinajstić information content (AvgIpc) is 2.99. The number of carbonyl (C=O) groups excluding carboxylic acids is 1. The van der Waals surface area contributed by atoms with Gasteiger partial charge in [-0.25, -0.2) is 0 Å². The Kier molecular flexibility index (Phi) is 6.00. The minimum Gasteiger partial charge on any atom is -0.351 e. The summed E-state index contributed by atoms with van der Waals surface area (Å²) in [7, 11) is 0. The van der Waals surface area contributed by atoms with E-state index in [2.05, 4.69) is 36.2 Å². The second-order valence-corrected chi connectivity index (χ2v) is 6.03. The van der Waals surface area contributed by atoms with Crippen LogP contribution < -0.4 is 5.32 Å². The molecule has 1 N–H and O–H groups in total. The molecule has 1 saturated heterocycles. The van der Waals surface area contributed by atoms with Crippen LogP contribution in [0.1, 0.15) is 42.6 Å². The number of nitrogens with one attached hydrogen (secondary N) is 1. The van der Waals surface area contributed by atoms with Gasteiger partial charge in [-0.3, -0.25) is 4.79 Å². The molecule has 0 aromatic heterocycles. The van der Waals surface area contributed by atoms with E-state index in [1.165, 1.54) is 25.9 Å². The van der Waals surface area contributed by atoms with Crippen LogP contribution in [0.3, 0.4) is 0 Å². The summed E-state index contributed by atoms with van der Waals surface area (Å²) in [5, 5.41) is 3.00. The first kappa shape index (κ1) is 15.8. The van der Waals surface area contributed by atoms with E-state index in [1.54, 1.807) is 0 Å². The topological polar surface area (TPSA) is 32.3 Å². The highest BCUT2D eigenvalue weighted by Crippen LogP contribution is 2.09. The Labute approximate surface area is 128 Å². The molecule has 0 radical (unpaired) electrons. The fourth-order valence-electron chi connectivity index (χ4n) is 2.49. The zero-order valence-electron chi connectivity index (χ0n) is 13.1. The highest BCUT2D eigenvalue weighted by molar-refractivity contribution is 5.94. The molecule has 1 amide bonds. The number of carbonyl (C=O) groups is 1. The maximum atomic E-state index is 12.0. The van der Waals surface area contributed by atoms with Gasteiger partial charge in [-0.05, 0) is 49.5 Å². The number of hydrogen-bond donors (Lipinski definition) is 1. The Morgan fingerprint density at radius 2 is 1.90 bits per heavy atom. The Morgan fingerprint density at radius 1 is 1.24 bits per heavy atom. The van der Waals surface area contributed by atoms with E-state index in [1.807, 2.05) is 24.3 Å². The Bertz CT molecular complexity index is 470. The molecule has 1 aromatic rings. The van der Waals surface area contributed by atoms with E-state index in [-0.39, 0.29) is 5.91 Å². The van der Waals surface area contributed by atoms with Crippen molar-refractivity contribution in [3.05, 3.63) is 41.5 Å². The van der Waals surface area contributed by atoms with Gasteiger partial charge in [0, 0.05) is 18.7 Å². The molecule has 1 aliphatic heterocycles. The normalized spacial score (nSPS) is 16.0. The van der Waals surface area contributed by atoms with Crippen molar-refractivity contribution in [2.45, 2.75) is 26.7 Å². The molecule has 0 spiro atoms. The Balaban J connectivity index is 1.79. The van der Waals surface area contributed by atoms with Crippen LogP contribution in [0.25, 0.3) is 6.08 Å². The van der Waals surface area contributed by atoms with E-state index in [9.17, 15) is 4.79 Å². The van der Waals surface area contributed by atoms with Crippen LogP contribution in [-0.4, -0.2) is 37.0 Å². The summed E-state index contributed by atoms with van der Waals surface area (Å²) in [6.45, 7) is 8.34. The van der Waals surface area contributed by atoms with Crippen LogP contribution in [0.4, 0.5) is 0 Å². The number of likely N-dealkylation sites (tertiary alicyclic amines) is 1. The van der Waals surface area contributed by atoms with Crippen molar-refractivity contribution in [2.24, 2.45) is 5.92 Å². The molecular weight excluding hydrogens is 260 g/mol. The van der Waals surface area contributed by atoms with Gasteiger partial charge in [-0.15, -0.1) is 0 Å². The molecule has 1 aliphatic rings. The molecule has 0 saturated carbocycles.